The van der Waals surface area contributed by atoms with Crippen LogP contribution in [0.1, 0.15) is 13.3 Å². The molecule has 110 valence electrons. The van der Waals surface area contributed by atoms with Crippen LogP contribution in [0.4, 0.5) is 11.5 Å². The Kier molecular flexibility index (Phi) is 4.65. The molecule has 7 heteroatoms. The lowest BCUT2D eigenvalue weighted by atomic mass is 10.1. The monoisotopic (exact) mass is 288 g/mol. The highest BCUT2D eigenvalue weighted by Crippen LogP contribution is 2.37. The van der Waals surface area contributed by atoms with E-state index in [1.165, 1.54) is 6.33 Å². The molecule has 1 N–H and O–H groups in total. The molecule has 7 nitrogen and oxygen atoms in total. The lowest BCUT2D eigenvalue weighted by molar-refractivity contribution is -0.383. The Morgan fingerprint density at radius 2 is 2.10 bits per heavy atom. The second-order valence-corrected chi connectivity index (χ2v) is 4.27. The topological polar surface area (TPSA) is 90.2 Å². The average Bonchev–Trinajstić information content (AvgIpc) is 2.52. The number of hydrogen-bond acceptors (Lipinski definition) is 6. The highest BCUT2D eigenvalue weighted by Gasteiger charge is 2.25. The van der Waals surface area contributed by atoms with E-state index in [2.05, 4.69) is 15.3 Å². The predicted octanol–water partition coefficient (Wildman–Crippen LogP) is 2.88. The van der Waals surface area contributed by atoms with E-state index in [1.807, 2.05) is 13.0 Å². The highest BCUT2D eigenvalue weighted by atomic mass is 16.6. The Labute approximate surface area is 122 Å². The average molecular weight is 288 g/mol. The maximum atomic E-state index is 11.3. The second kappa shape index (κ2) is 6.65. The fourth-order valence-corrected chi connectivity index (χ4v) is 1.93. The van der Waals surface area contributed by atoms with Crippen molar-refractivity contribution in [1.82, 2.24) is 9.97 Å². The van der Waals surface area contributed by atoms with Gasteiger partial charge in [0.15, 0.2) is 5.69 Å². The third-order valence-corrected chi connectivity index (χ3v) is 2.85. The predicted molar refractivity (Wildman–Crippen MR) is 79.5 cm³/mol. The van der Waals surface area contributed by atoms with Crippen LogP contribution in [0.3, 0.4) is 0 Å². The number of anilines is 1. The number of rotatable bonds is 6. The van der Waals surface area contributed by atoms with Crippen molar-refractivity contribution in [2.24, 2.45) is 0 Å². The van der Waals surface area contributed by atoms with E-state index in [0.29, 0.717) is 17.9 Å². The summed E-state index contributed by atoms with van der Waals surface area (Å²) in [6.45, 7) is 2.53. The summed E-state index contributed by atoms with van der Waals surface area (Å²) in [4.78, 5) is 18.8. The zero-order valence-electron chi connectivity index (χ0n) is 11.9. The van der Waals surface area contributed by atoms with E-state index in [1.54, 1.807) is 25.2 Å². The minimum absolute atomic E-state index is 0.160. The molecule has 0 spiro atoms. The molecule has 0 aliphatic rings. The van der Waals surface area contributed by atoms with Crippen LogP contribution >= 0.6 is 0 Å². The van der Waals surface area contributed by atoms with Gasteiger partial charge in [-0.15, -0.1) is 0 Å². The fraction of sp³-hybridized carbons (Fsp3) is 0.286. The third-order valence-electron chi connectivity index (χ3n) is 2.85. The molecule has 0 aliphatic heterocycles. The molecule has 0 fully saturated rings. The van der Waals surface area contributed by atoms with Crippen LogP contribution in [-0.4, -0.2) is 28.5 Å². The van der Waals surface area contributed by atoms with E-state index in [4.69, 9.17) is 4.74 Å². The summed E-state index contributed by atoms with van der Waals surface area (Å²) in [6, 6.07) is 7.13. The first kappa shape index (κ1) is 14.7. The van der Waals surface area contributed by atoms with Crippen LogP contribution in [0.2, 0.25) is 0 Å². The van der Waals surface area contributed by atoms with Gasteiger partial charge >= 0.3 is 5.69 Å². The first-order valence-corrected chi connectivity index (χ1v) is 6.58. The van der Waals surface area contributed by atoms with Crippen LogP contribution in [0.15, 0.2) is 30.6 Å². The summed E-state index contributed by atoms with van der Waals surface area (Å²) in [7, 11) is 1.58. The smallest absolute Gasteiger partial charge is 0.337 e. The molecule has 0 aliphatic carbocycles. The standard InChI is InChI=1S/C14H16N4O3/c1-3-8-21-11-7-5-4-6-10(11)12-13(18(19)20)14(15-2)17-9-16-12/h4-7,9H,3,8H2,1-2H3,(H,15,16,17). The minimum atomic E-state index is -0.488. The van der Waals surface area contributed by atoms with Gasteiger partial charge in [0.05, 0.1) is 11.5 Å². The number of ether oxygens (including phenoxy) is 1. The molecule has 0 unspecified atom stereocenters. The zero-order chi connectivity index (χ0) is 15.2. The molecule has 0 atom stereocenters. The Morgan fingerprint density at radius 1 is 1.33 bits per heavy atom. The molecule has 1 heterocycles. The van der Waals surface area contributed by atoms with Gasteiger partial charge < -0.3 is 10.1 Å². The van der Waals surface area contributed by atoms with Crippen molar-refractivity contribution in [3.8, 4) is 17.0 Å². The van der Waals surface area contributed by atoms with Crippen molar-refractivity contribution < 1.29 is 9.66 Å². The van der Waals surface area contributed by atoms with E-state index in [0.717, 1.165) is 6.42 Å². The number of nitrogens with zero attached hydrogens (tertiary/aromatic N) is 3. The number of hydrogen-bond donors (Lipinski definition) is 1. The van der Waals surface area contributed by atoms with Crippen LogP contribution in [0.25, 0.3) is 11.3 Å². The highest BCUT2D eigenvalue weighted by molar-refractivity contribution is 5.80. The van der Waals surface area contributed by atoms with Crippen LogP contribution in [0.5, 0.6) is 5.75 Å². The Balaban J connectivity index is 2.59. The molecule has 0 saturated heterocycles. The van der Waals surface area contributed by atoms with Gasteiger partial charge in [0.1, 0.15) is 12.1 Å². The minimum Gasteiger partial charge on any atom is -0.493 e. The van der Waals surface area contributed by atoms with Crippen molar-refractivity contribution >= 4 is 11.5 Å². The van der Waals surface area contributed by atoms with Crippen molar-refractivity contribution in [2.75, 3.05) is 19.0 Å². The summed E-state index contributed by atoms with van der Waals surface area (Å²) in [6.07, 6.45) is 2.15. The molecular formula is C14H16N4O3. The molecular weight excluding hydrogens is 272 g/mol. The Hall–Kier alpha value is -2.70. The van der Waals surface area contributed by atoms with Gasteiger partial charge in [-0.1, -0.05) is 19.1 Å². The number of para-hydroxylation sites is 1. The molecule has 2 rings (SSSR count). The van der Waals surface area contributed by atoms with Crippen LogP contribution < -0.4 is 10.1 Å². The zero-order valence-corrected chi connectivity index (χ0v) is 11.9. The third kappa shape index (κ3) is 3.07. The maximum absolute atomic E-state index is 11.3. The molecule has 2 aromatic rings. The Morgan fingerprint density at radius 3 is 2.76 bits per heavy atom. The van der Waals surface area contributed by atoms with Gasteiger partial charge in [0.2, 0.25) is 5.82 Å². The molecule has 0 bridgehead atoms. The lowest BCUT2D eigenvalue weighted by Crippen LogP contribution is -2.04. The first-order chi connectivity index (χ1) is 10.2. The summed E-state index contributed by atoms with van der Waals surface area (Å²) in [5.41, 5.74) is 0.662. The second-order valence-electron chi connectivity index (χ2n) is 4.27. The molecule has 1 aromatic heterocycles. The van der Waals surface area contributed by atoms with Gasteiger partial charge in [-0.25, -0.2) is 9.97 Å². The van der Waals surface area contributed by atoms with E-state index in [-0.39, 0.29) is 17.2 Å². The van der Waals surface area contributed by atoms with Crippen molar-refractivity contribution in [1.29, 1.82) is 0 Å². The number of aromatic nitrogens is 2. The van der Waals surface area contributed by atoms with Crippen molar-refractivity contribution in [3.63, 3.8) is 0 Å². The molecule has 1 aromatic carbocycles. The summed E-state index contributed by atoms with van der Waals surface area (Å²) >= 11 is 0. The number of benzene rings is 1. The van der Waals surface area contributed by atoms with E-state index < -0.39 is 4.92 Å². The number of nitrogens with one attached hydrogen (secondary N) is 1. The van der Waals surface area contributed by atoms with Gasteiger partial charge in [-0.2, -0.15) is 0 Å². The largest absolute Gasteiger partial charge is 0.493 e. The lowest BCUT2D eigenvalue weighted by Gasteiger charge is -2.11. The van der Waals surface area contributed by atoms with Crippen LogP contribution in [-0.2, 0) is 0 Å². The van der Waals surface area contributed by atoms with Gasteiger partial charge in [0, 0.05) is 12.6 Å². The summed E-state index contributed by atoms with van der Waals surface area (Å²) in [5, 5.41) is 14.1. The molecule has 0 amide bonds. The van der Waals surface area contributed by atoms with Crippen molar-refractivity contribution in [3.05, 3.63) is 40.7 Å². The van der Waals surface area contributed by atoms with Gasteiger partial charge in [-0.05, 0) is 18.6 Å². The molecule has 0 saturated carbocycles. The molecule has 21 heavy (non-hydrogen) atoms. The van der Waals surface area contributed by atoms with E-state index >= 15 is 0 Å². The normalized spacial score (nSPS) is 10.2. The van der Waals surface area contributed by atoms with Gasteiger partial charge in [-0.3, -0.25) is 10.1 Å². The van der Waals surface area contributed by atoms with Crippen LogP contribution in [0, 0.1) is 10.1 Å². The number of nitro groups is 1. The summed E-state index contributed by atoms with van der Waals surface area (Å²) < 4.78 is 5.65. The summed E-state index contributed by atoms with van der Waals surface area (Å²) in [5.74, 6) is 0.749. The first-order valence-electron chi connectivity index (χ1n) is 6.58. The van der Waals surface area contributed by atoms with Crippen molar-refractivity contribution in [2.45, 2.75) is 13.3 Å². The Bertz CT molecular complexity index is 646. The molecule has 0 radical (unpaired) electrons. The van der Waals surface area contributed by atoms with Gasteiger partial charge in [0.25, 0.3) is 0 Å². The van der Waals surface area contributed by atoms with E-state index in [9.17, 15) is 10.1 Å². The fourth-order valence-electron chi connectivity index (χ4n) is 1.93. The SMILES string of the molecule is CCCOc1ccccc1-c1ncnc(NC)c1[N+](=O)[O-]. The quantitative estimate of drug-likeness (QED) is 0.649. The maximum Gasteiger partial charge on any atom is 0.337 e.